The van der Waals surface area contributed by atoms with Crippen LogP contribution in [0.2, 0.25) is 0 Å². The predicted molar refractivity (Wildman–Crippen MR) is 85.5 cm³/mol. The molecule has 3 rings (SSSR count). The summed E-state index contributed by atoms with van der Waals surface area (Å²) in [6.07, 6.45) is 0.561. The van der Waals surface area contributed by atoms with Crippen LogP contribution in [0.5, 0.6) is 0 Å². The molecule has 2 aliphatic rings. The van der Waals surface area contributed by atoms with Crippen molar-refractivity contribution in [1.82, 2.24) is 0 Å². The Kier molecular flexibility index (Phi) is 3.64. The lowest BCUT2D eigenvalue weighted by Crippen LogP contribution is -2.36. The van der Waals surface area contributed by atoms with Crippen LogP contribution in [0.3, 0.4) is 0 Å². The lowest BCUT2D eigenvalue weighted by molar-refractivity contribution is 0.0697. The number of anilines is 3. The van der Waals surface area contributed by atoms with Crippen molar-refractivity contribution in [3.8, 4) is 0 Å². The molecule has 2 N–H and O–H groups in total. The number of nitrogens with one attached hydrogen (secondary N) is 1. The van der Waals surface area contributed by atoms with Crippen molar-refractivity contribution in [1.29, 1.82) is 0 Å². The minimum atomic E-state index is -3.36. The van der Waals surface area contributed by atoms with Gasteiger partial charge in [-0.2, -0.15) is 0 Å². The summed E-state index contributed by atoms with van der Waals surface area (Å²) in [7, 11) is -3.36. The van der Waals surface area contributed by atoms with E-state index in [2.05, 4.69) is 10.2 Å². The molecule has 1 aromatic rings. The van der Waals surface area contributed by atoms with E-state index in [0.29, 0.717) is 30.9 Å². The standard InChI is InChI=1S/C14H19N3O4S/c1-2-16-6-4-15-13-11(16)8-10(14(18)19)9-12(13)17-5-3-7-22(17,20)21/h8-9,15H,2-7H2,1H3,(H,18,19). The molecular weight excluding hydrogens is 306 g/mol. The summed E-state index contributed by atoms with van der Waals surface area (Å²) < 4.78 is 25.8. The molecule has 7 nitrogen and oxygen atoms in total. The van der Waals surface area contributed by atoms with Crippen LogP contribution < -0.4 is 14.5 Å². The van der Waals surface area contributed by atoms with Gasteiger partial charge >= 0.3 is 5.97 Å². The summed E-state index contributed by atoms with van der Waals surface area (Å²) >= 11 is 0. The van der Waals surface area contributed by atoms with Gasteiger partial charge in [0.15, 0.2) is 0 Å². The highest BCUT2D eigenvalue weighted by atomic mass is 32.2. The van der Waals surface area contributed by atoms with Gasteiger partial charge in [0.25, 0.3) is 0 Å². The lowest BCUT2D eigenvalue weighted by atomic mass is 10.1. The predicted octanol–water partition coefficient (Wildman–Crippen LogP) is 1.18. The van der Waals surface area contributed by atoms with Gasteiger partial charge in [0.1, 0.15) is 0 Å². The molecule has 0 spiro atoms. The molecule has 2 heterocycles. The molecule has 0 atom stereocenters. The first-order valence-corrected chi connectivity index (χ1v) is 8.95. The number of carbonyl (C=O) groups is 1. The fraction of sp³-hybridized carbons (Fsp3) is 0.500. The smallest absolute Gasteiger partial charge is 0.335 e. The highest BCUT2D eigenvalue weighted by Gasteiger charge is 2.33. The van der Waals surface area contributed by atoms with Gasteiger partial charge in [-0.1, -0.05) is 0 Å². The van der Waals surface area contributed by atoms with E-state index in [1.54, 1.807) is 6.07 Å². The Morgan fingerprint density at radius 3 is 2.64 bits per heavy atom. The Hall–Kier alpha value is -1.96. The van der Waals surface area contributed by atoms with E-state index < -0.39 is 16.0 Å². The van der Waals surface area contributed by atoms with Gasteiger partial charge in [-0.15, -0.1) is 0 Å². The van der Waals surface area contributed by atoms with Crippen molar-refractivity contribution in [3.05, 3.63) is 17.7 Å². The summed E-state index contributed by atoms with van der Waals surface area (Å²) in [6, 6.07) is 3.07. The van der Waals surface area contributed by atoms with Crippen LogP contribution in [-0.4, -0.2) is 51.4 Å². The second-order valence-corrected chi connectivity index (χ2v) is 7.46. The quantitative estimate of drug-likeness (QED) is 0.867. The zero-order valence-electron chi connectivity index (χ0n) is 12.4. The van der Waals surface area contributed by atoms with Crippen LogP contribution in [0.1, 0.15) is 23.7 Å². The van der Waals surface area contributed by atoms with Crippen LogP contribution in [-0.2, 0) is 10.0 Å². The van der Waals surface area contributed by atoms with Crippen molar-refractivity contribution in [2.45, 2.75) is 13.3 Å². The van der Waals surface area contributed by atoms with Crippen molar-refractivity contribution in [2.24, 2.45) is 0 Å². The van der Waals surface area contributed by atoms with Gasteiger partial charge in [0.05, 0.1) is 28.4 Å². The van der Waals surface area contributed by atoms with Crippen molar-refractivity contribution in [3.63, 3.8) is 0 Å². The molecule has 22 heavy (non-hydrogen) atoms. The van der Waals surface area contributed by atoms with Crippen LogP contribution >= 0.6 is 0 Å². The highest BCUT2D eigenvalue weighted by molar-refractivity contribution is 7.93. The molecule has 1 fully saturated rings. The van der Waals surface area contributed by atoms with Crippen molar-refractivity contribution < 1.29 is 18.3 Å². The monoisotopic (exact) mass is 325 g/mol. The zero-order valence-corrected chi connectivity index (χ0v) is 13.2. The summed E-state index contributed by atoms with van der Waals surface area (Å²) in [5.74, 6) is -0.946. The molecule has 0 bridgehead atoms. The third-order valence-corrected chi connectivity index (χ3v) is 5.97. The van der Waals surface area contributed by atoms with Crippen LogP contribution in [0.4, 0.5) is 17.1 Å². The number of carboxylic acid groups (broad SMARTS) is 1. The number of benzene rings is 1. The number of aromatic carboxylic acids is 1. The fourth-order valence-electron chi connectivity index (χ4n) is 3.04. The number of carboxylic acids is 1. The number of hydrogen-bond acceptors (Lipinski definition) is 5. The van der Waals surface area contributed by atoms with E-state index in [0.717, 1.165) is 18.8 Å². The SMILES string of the molecule is CCN1CCNc2c1cc(C(=O)O)cc2N1CCCS1(=O)=O. The molecule has 0 amide bonds. The van der Waals surface area contributed by atoms with E-state index in [1.165, 1.54) is 10.4 Å². The Labute approximate surface area is 129 Å². The van der Waals surface area contributed by atoms with Gasteiger partial charge in [-0.05, 0) is 25.5 Å². The molecule has 1 aromatic carbocycles. The summed E-state index contributed by atoms with van der Waals surface area (Å²) in [4.78, 5) is 13.5. The van der Waals surface area contributed by atoms with Gasteiger partial charge in [-0.3, -0.25) is 4.31 Å². The molecule has 1 saturated heterocycles. The zero-order chi connectivity index (χ0) is 15.9. The van der Waals surface area contributed by atoms with Gasteiger partial charge in [-0.25, -0.2) is 13.2 Å². The maximum Gasteiger partial charge on any atom is 0.335 e. The average molecular weight is 325 g/mol. The van der Waals surface area contributed by atoms with Gasteiger partial charge < -0.3 is 15.3 Å². The lowest BCUT2D eigenvalue weighted by Gasteiger charge is -2.34. The second-order valence-electron chi connectivity index (χ2n) is 5.44. The number of rotatable bonds is 3. The molecule has 0 unspecified atom stereocenters. The number of sulfonamides is 1. The molecule has 0 radical (unpaired) electrons. The molecule has 2 aliphatic heterocycles. The Morgan fingerprint density at radius 1 is 1.32 bits per heavy atom. The first kappa shape index (κ1) is 15.0. The molecule has 0 aromatic heterocycles. The first-order chi connectivity index (χ1) is 10.4. The first-order valence-electron chi connectivity index (χ1n) is 7.34. The van der Waals surface area contributed by atoms with Crippen LogP contribution in [0.15, 0.2) is 12.1 Å². The molecule has 8 heteroatoms. The van der Waals surface area contributed by atoms with E-state index >= 15 is 0 Å². The van der Waals surface area contributed by atoms with Crippen LogP contribution in [0.25, 0.3) is 0 Å². The average Bonchev–Trinajstić information content (AvgIpc) is 2.84. The summed E-state index contributed by atoms with van der Waals surface area (Å²) in [5.41, 5.74) is 2.03. The fourth-order valence-corrected chi connectivity index (χ4v) is 4.60. The molecule has 0 aliphatic carbocycles. The molecule has 120 valence electrons. The van der Waals surface area contributed by atoms with Crippen LogP contribution in [0, 0.1) is 0 Å². The maximum atomic E-state index is 12.2. The minimum absolute atomic E-state index is 0.108. The third kappa shape index (κ3) is 2.37. The van der Waals surface area contributed by atoms with Gasteiger partial charge in [0, 0.05) is 26.2 Å². The van der Waals surface area contributed by atoms with E-state index in [9.17, 15) is 18.3 Å². The Bertz CT molecular complexity index is 717. The largest absolute Gasteiger partial charge is 0.478 e. The maximum absolute atomic E-state index is 12.2. The Balaban J connectivity index is 2.20. The molecular formula is C14H19N3O4S. The van der Waals surface area contributed by atoms with E-state index in [4.69, 9.17) is 0 Å². The van der Waals surface area contributed by atoms with Crippen molar-refractivity contribution in [2.75, 3.05) is 46.5 Å². The number of fused-ring (bicyclic) bond motifs is 1. The Morgan fingerprint density at radius 2 is 2.05 bits per heavy atom. The normalized spacial score (nSPS) is 19.7. The molecule has 0 saturated carbocycles. The van der Waals surface area contributed by atoms with E-state index in [-0.39, 0.29) is 11.3 Å². The number of likely N-dealkylation sites (N-methyl/N-ethyl adjacent to an activating group) is 1. The number of hydrogen-bond donors (Lipinski definition) is 2. The summed E-state index contributed by atoms with van der Waals surface area (Å²) in [6.45, 7) is 4.59. The van der Waals surface area contributed by atoms with Crippen molar-refractivity contribution >= 4 is 33.1 Å². The topological polar surface area (TPSA) is 90.0 Å². The second kappa shape index (κ2) is 5.35. The summed E-state index contributed by atoms with van der Waals surface area (Å²) in [5, 5.41) is 12.6. The third-order valence-electron chi connectivity index (χ3n) is 4.12. The number of nitrogens with zero attached hydrogens (tertiary/aromatic N) is 2. The van der Waals surface area contributed by atoms with Gasteiger partial charge in [0.2, 0.25) is 10.0 Å². The highest BCUT2D eigenvalue weighted by Crippen LogP contribution is 2.41. The van der Waals surface area contributed by atoms with E-state index in [1.807, 2.05) is 6.92 Å². The minimum Gasteiger partial charge on any atom is -0.478 e.